The van der Waals surface area contributed by atoms with E-state index in [2.05, 4.69) is 146 Å². The van der Waals surface area contributed by atoms with Crippen LogP contribution in [0, 0.1) is 0 Å². The zero-order valence-electron chi connectivity index (χ0n) is 25.8. The van der Waals surface area contributed by atoms with Crippen LogP contribution in [0.2, 0.25) is 0 Å². The molecule has 11 rings (SSSR count). The van der Waals surface area contributed by atoms with Gasteiger partial charge in [-0.2, -0.15) is 0 Å². The second-order valence-electron chi connectivity index (χ2n) is 12.8. The molecule has 0 fully saturated rings. The van der Waals surface area contributed by atoms with Crippen LogP contribution in [0.1, 0.15) is 0 Å². The lowest BCUT2D eigenvalue weighted by Crippen LogP contribution is -1.91. The minimum atomic E-state index is 0.867. The smallest absolute Gasteiger partial charge is 0.136 e. The summed E-state index contributed by atoms with van der Waals surface area (Å²) >= 11 is 0. The zero-order valence-corrected chi connectivity index (χ0v) is 25.8. The summed E-state index contributed by atoms with van der Waals surface area (Å²) in [5.74, 6) is 0. The molecular weight excluding hydrogens is 585 g/mol. The first-order chi connectivity index (χ1) is 23.8. The highest BCUT2D eigenvalue weighted by Crippen LogP contribution is 2.47. The summed E-state index contributed by atoms with van der Waals surface area (Å²) < 4.78 is 13.1. The molecule has 2 nitrogen and oxygen atoms in total. The van der Waals surface area contributed by atoms with E-state index in [1.54, 1.807) is 0 Å². The molecule has 2 heteroatoms. The second kappa shape index (κ2) is 9.57. The summed E-state index contributed by atoms with van der Waals surface area (Å²) in [5.41, 5.74) is 8.39. The van der Waals surface area contributed by atoms with Gasteiger partial charge in [0.25, 0.3) is 0 Å². The van der Waals surface area contributed by atoms with Crippen molar-refractivity contribution >= 4 is 87.0 Å². The molecule has 9 aromatic carbocycles. The number of furan rings is 2. The van der Waals surface area contributed by atoms with Crippen LogP contribution in [0.15, 0.2) is 167 Å². The third kappa shape index (κ3) is 3.52. The fourth-order valence-electron chi connectivity index (χ4n) is 8.15. The van der Waals surface area contributed by atoms with Crippen molar-refractivity contribution in [3.05, 3.63) is 158 Å². The van der Waals surface area contributed by atoms with E-state index < -0.39 is 0 Å². The Kier molecular flexibility index (Phi) is 5.14. The van der Waals surface area contributed by atoms with Gasteiger partial charge in [0, 0.05) is 21.5 Å². The first-order valence-electron chi connectivity index (χ1n) is 16.4. The van der Waals surface area contributed by atoms with E-state index in [-0.39, 0.29) is 0 Å². The largest absolute Gasteiger partial charge is 0.456 e. The lowest BCUT2D eigenvalue weighted by atomic mass is 9.84. The zero-order chi connectivity index (χ0) is 31.3. The van der Waals surface area contributed by atoms with E-state index in [4.69, 9.17) is 8.83 Å². The molecule has 0 radical (unpaired) electrons. The van der Waals surface area contributed by atoms with Crippen molar-refractivity contribution in [3.8, 4) is 22.3 Å². The maximum absolute atomic E-state index is 6.65. The average molecular weight is 611 g/mol. The molecule has 0 aliphatic carbocycles. The third-order valence-corrected chi connectivity index (χ3v) is 10.2. The number of hydrogen-bond donors (Lipinski definition) is 0. The Morgan fingerprint density at radius 3 is 1.50 bits per heavy atom. The SMILES string of the molecule is c1ccc2cc3c(cc2c1)oc1ccc2oc4cc(-c5c6ccccc6c(-c6cccc7ccccc67)c6ccccc56)ccc4c2c13. The van der Waals surface area contributed by atoms with Crippen LogP contribution in [-0.4, -0.2) is 0 Å². The molecule has 2 heterocycles. The van der Waals surface area contributed by atoms with Crippen molar-refractivity contribution in [2.45, 2.75) is 0 Å². The molecule has 0 N–H and O–H groups in total. The van der Waals surface area contributed by atoms with Crippen molar-refractivity contribution in [2.24, 2.45) is 0 Å². The average Bonchev–Trinajstić information content (AvgIpc) is 3.69. The van der Waals surface area contributed by atoms with Gasteiger partial charge < -0.3 is 8.83 Å². The molecule has 11 aromatic rings. The fraction of sp³-hybridized carbons (Fsp3) is 0. The molecule has 0 aliphatic rings. The third-order valence-electron chi connectivity index (χ3n) is 10.2. The highest BCUT2D eigenvalue weighted by atomic mass is 16.3. The molecule has 0 saturated carbocycles. The van der Waals surface area contributed by atoms with Gasteiger partial charge in [-0.3, -0.25) is 0 Å². The van der Waals surface area contributed by atoms with Crippen LogP contribution in [0.25, 0.3) is 109 Å². The number of rotatable bonds is 2. The number of hydrogen-bond acceptors (Lipinski definition) is 2. The lowest BCUT2D eigenvalue weighted by molar-refractivity contribution is 0.663. The van der Waals surface area contributed by atoms with Crippen LogP contribution < -0.4 is 0 Å². The van der Waals surface area contributed by atoms with Crippen LogP contribution in [0.5, 0.6) is 0 Å². The number of benzene rings is 9. The first kappa shape index (κ1) is 25.8. The minimum absolute atomic E-state index is 0.867. The molecule has 222 valence electrons. The van der Waals surface area contributed by atoms with Gasteiger partial charge in [0.05, 0.1) is 0 Å². The quantitative estimate of drug-likeness (QED) is 0.182. The van der Waals surface area contributed by atoms with Crippen molar-refractivity contribution in [3.63, 3.8) is 0 Å². The second-order valence-corrected chi connectivity index (χ2v) is 12.8. The molecule has 48 heavy (non-hydrogen) atoms. The molecule has 0 aliphatic heterocycles. The van der Waals surface area contributed by atoms with Gasteiger partial charge in [0.2, 0.25) is 0 Å². The Balaban J connectivity index is 1.20. The van der Waals surface area contributed by atoms with Crippen molar-refractivity contribution in [1.29, 1.82) is 0 Å². The Bertz CT molecular complexity index is 3060. The van der Waals surface area contributed by atoms with E-state index in [1.807, 2.05) is 12.1 Å². The minimum Gasteiger partial charge on any atom is -0.456 e. The Morgan fingerprint density at radius 1 is 0.292 bits per heavy atom. The van der Waals surface area contributed by atoms with E-state index in [0.717, 1.165) is 49.4 Å². The summed E-state index contributed by atoms with van der Waals surface area (Å²) in [7, 11) is 0. The summed E-state index contributed by atoms with van der Waals surface area (Å²) in [4.78, 5) is 0. The predicted octanol–water partition coefficient (Wildman–Crippen LogP) is 13.4. The van der Waals surface area contributed by atoms with Crippen molar-refractivity contribution in [2.75, 3.05) is 0 Å². The van der Waals surface area contributed by atoms with E-state index in [9.17, 15) is 0 Å². The van der Waals surface area contributed by atoms with Gasteiger partial charge in [0.15, 0.2) is 0 Å². The summed E-state index contributed by atoms with van der Waals surface area (Å²) in [6, 6.07) is 56.6. The van der Waals surface area contributed by atoms with E-state index in [1.165, 1.54) is 59.8 Å². The molecule has 0 bridgehead atoms. The lowest BCUT2D eigenvalue weighted by Gasteiger charge is -2.18. The van der Waals surface area contributed by atoms with Crippen LogP contribution >= 0.6 is 0 Å². The summed E-state index contributed by atoms with van der Waals surface area (Å²) in [6.45, 7) is 0. The van der Waals surface area contributed by atoms with Crippen molar-refractivity contribution < 1.29 is 8.83 Å². The normalized spacial score (nSPS) is 12.2. The molecule has 0 spiro atoms. The fourth-order valence-corrected chi connectivity index (χ4v) is 8.15. The molecule has 0 unspecified atom stereocenters. The molecule has 0 saturated heterocycles. The Hall–Kier alpha value is -6.38. The first-order valence-corrected chi connectivity index (χ1v) is 16.4. The predicted molar refractivity (Wildman–Crippen MR) is 202 cm³/mol. The van der Waals surface area contributed by atoms with Crippen molar-refractivity contribution in [1.82, 2.24) is 0 Å². The standard InChI is InChI=1S/C46H26O2/c1-2-12-29-25-42-38(24-28(29)11-1)46-40(48-42)23-22-39-45(46)37-21-20-30(26-41(37)47-39)43-33-15-5-7-17-35(33)44(36-18-8-6-16-34(36)43)32-19-9-13-27-10-3-4-14-31(27)32/h1-26H. The van der Waals surface area contributed by atoms with Gasteiger partial charge in [0.1, 0.15) is 22.3 Å². The van der Waals surface area contributed by atoms with Gasteiger partial charge in [-0.1, -0.05) is 121 Å². The maximum atomic E-state index is 6.65. The molecule has 0 atom stereocenters. The van der Waals surface area contributed by atoms with Crippen LogP contribution in [-0.2, 0) is 0 Å². The number of fused-ring (bicyclic) bond motifs is 11. The summed E-state index contributed by atoms with van der Waals surface area (Å²) in [5, 5.41) is 14.2. The van der Waals surface area contributed by atoms with Crippen LogP contribution in [0.3, 0.4) is 0 Å². The Morgan fingerprint density at radius 2 is 0.812 bits per heavy atom. The Labute approximate surface area is 275 Å². The van der Waals surface area contributed by atoms with Gasteiger partial charge in [-0.25, -0.2) is 0 Å². The van der Waals surface area contributed by atoms with Gasteiger partial charge in [-0.15, -0.1) is 0 Å². The van der Waals surface area contributed by atoms with E-state index >= 15 is 0 Å². The van der Waals surface area contributed by atoms with Gasteiger partial charge in [-0.05, 0) is 102 Å². The topological polar surface area (TPSA) is 26.3 Å². The maximum Gasteiger partial charge on any atom is 0.136 e. The van der Waals surface area contributed by atoms with Crippen LogP contribution in [0.4, 0.5) is 0 Å². The summed E-state index contributed by atoms with van der Waals surface area (Å²) in [6.07, 6.45) is 0. The molecular formula is C46H26O2. The molecule has 0 amide bonds. The highest BCUT2D eigenvalue weighted by molar-refractivity contribution is 6.28. The van der Waals surface area contributed by atoms with Gasteiger partial charge >= 0.3 is 0 Å². The monoisotopic (exact) mass is 610 g/mol. The molecule has 2 aromatic heterocycles. The van der Waals surface area contributed by atoms with E-state index in [0.29, 0.717) is 0 Å². The highest BCUT2D eigenvalue weighted by Gasteiger charge is 2.20.